The van der Waals surface area contributed by atoms with Crippen LogP contribution in [0.4, 0.5) is 5.69 Å². The zero-order valence-corrected chi connectivity index (χ0v) is 15.9. The number of amides is 2. The summed E-state index contributed by atoms with van der Waals surface area (Å²) in [5, 5.41) is 3.29. The second-order valence-electron chi connectivity index (χ2n) is 6.47. The summed E-state index contributed by atoms with van der Waals surface area (Å²) in [6.07, 6.45) is 1.90. The lowest BCUT2D eigenvalue weighted by atomic mass is 10.1. The summed E-state index contributed by atoms with van der Waals surface area (Å²) in [6, 6.07) is 16.1. The van der Waals surface area contributed by atoms with Gasteiger partial charge in [0.05, 0.1) is 24.9 Å². The molecular formula is C21H18ClN3O3. The van der Waals surface area contributed by atoms with Gasteiger partial charge in [-0.1, -0.05) is 11.6 Å². The maximum absolute atomic E-state index is 13.1. The van der Waals surface area contributed by atoms with Crippen LogP contribution in [0.5, 0.6) is 5.75 Å². The van der Waals surface area contributed by atoms with Crippen LogP contribution in [0.3, 0.4) is 0 Å². The van der Waals surface area contributed by atoms with Gasteiger partial charge in [-0.25, -0.2) is 0 Å². The van der Waals surface area contributed by atoms with Crippen molar-refractivity contribution in [2.24, 2.45) is 0 Å². The molecule has 1 N–H and O–H groups in total. The van der Waals surface area contributed by atoms with E-state index in [1.165, 1.54) is 4.90 Å². The lowest BCUT2D eigenvalue weighted by Gasteiger charge is -2.20. The molecule has 2 aromatic carbocycles. The molecule has 1 aromatic heterocycles. The molecule has 1 aliphatic heterocycles. The zero-order chi connectivity index (χ0) is 19.7. The highest BCUT2D eigenvalue weighted by Gasteiger charge is 2.27. The molecule has 3 aromatic rings. The first-order valence-electron chi connectivity index (χ1n) is 8.74. The fourth-order valence-corrected chi connectivity index (χ4v) is 3.46. The van der Waals surface area contributed by atoms with Crippen LogP contribution in [0.1, 0.15) is 16.1 Å². The minimum Gasteiger partial charge on any atom is -0.497 e. The number of hydrogen-bond donors (Lipinski definition) is 1. The largest absolute Gasteiger partial charge is 0.497 e. The topological polar surface area (TPSA) is 63.6 Å². The first-order valence-corrected chi connectivity index (χ1v) is 9.12. The quantitative estimate of drug-likeness (QED) is 0.732. The van der Waals surface area contributed by atoms with Gasteiger partial charge in [-0.2, -0.15) is 0 Å². The number of fused-ring (bicyclic) bond motifs is 3. The number of anilines is 1. The van der Waals surface area contributed by atoms with Crippen molar-refractivity contribution < 1.29 is 14.3 Å². The molecule has 2 amide bonds. The van der Waals surface area contributed by atoms with E-state index in [9.17, 15) is 9.59 Å². The third-order valence-electron chi connectivity index (χ3n) is 4.63. The number of ether oxygens (including phenoxy) is 1. The van der Waals surface area contributed by atoms with Crippen LogP contribution in [-0.2, 0) is 11.3 Å². The van der Waals surface area contributed by atoms with Crippen LogP contribution < -0.4 is 10.1 Å². The fourth-order valence-electron chi connectivity index (χ4n) is 3.28. The monoisotopic (exact) mass is 395 g/mol. The van der Waals surface area contributed by atoms with E-state index < -0.39 is 0 Å². The summed E-state index contributed by atoms with van der Waals surface area (Å²) in [4.78, 5) is 27.2. The van der Waals surface area contributed by atoms with Gasteiger partial charge in [0, 0.05) is 22.6 Å². The average molecular weight is 396 g/mol. The molecule has 28 heavy (non-hydrogen) atoms. The van der Waals surface area contributed by atoms with Crippen LogP contribution in [0.2, 0.25) is 5.02 Å². The van der Waals surface area contributed by atoms with Crippen LogP contribution in [0.15, 0.2) is 60.8 Å². The Labute approximate surface area is 167 Å². The molecule has 0 fully saturated rings. The van der Waals surface area contributed by atoms with Crippen molar-refractivity contribution in [3.63, 3.8) is 0 Å². The van der Waals surface area contributed by atoms with E-state index in [4.69, 9.17) is 16.3 Å². The summed E-state index contributed by atoms with van der Waals surface area (Å²) >= 11 is 6.11. The molecule has 1 aliphatic rings. The Bertz CT molecular complexity index is 1040. The van der Waals surface area contributed by atoms with Crippen LogP contribution in [-0.4, -0.2) is 34.9 Å². The summed E-state index contributed by atoms with van der Waals surface area (Å²) in [5.74, 6) is 0.197. The first-order chi connectivity index (χ1) is 13.5. The number of halogens is 1. The van der Waals surface area contributed by atoms with Gasteiger partial charge in [-0.3, -0.25) is 9.59 Å². The molecule has 0 atom stereocenters. The fraction of sp³-hybridized carbons (Fsp3) is 0.143. The summed E-state index contributed by atoms with van der Waals surface area (Å²) < 4.78 is 7.06. The van der Waals surface area contributed by atoms with Crippen LogP contribution in [0.25, 0.3) is 5.69 Å². The number of hydrogen-bond acceptors (Lipinski definition) is 3. The molecule has 0 unspecified atom stereocenters. The summed E-state index contributed by atoms with van der Waals surface area (Å²) in [6.45, 7) is 0.260. The number of benzene rings is 2. The van der Waals surface area contributed by atoms with Crippen molar-refractivity contribution in [1.82, 2.24) is 9.47 Å². The lowest BCUT2D eigenvalue weighted by molar-refractivity contribution is -0.117. The molecule has 0 saturated carbocycles. The van der Waals surface area contributed by atoms with E-state index in [0.717, 1.165) is 11.4 Å². The van der Waals surface area contributed by atoms with Gasteiger partial charge < -0.3 is 19.5 Å². The normalized spacial score (nSPS) is 12.8. The third-order valence-corrected chi connectivity index (χ3v) is 4.87. The van der Waals surface area contributed by atoms with E-state index >= 15 is 0 Å². The van der Waals surface area contributed by atoms with Crippen molar-refractivity contribution in [2.75, 3.05) is 19.0 Å². The number of methoxy groups -OCH3 is 1. The predicted octanol–water partition coefficient (Wildman–Crippen LogP) is 3.73. The third kappa shape index (κ3) is 3.46. The second kappa shape index (κ2) is 7.40. The molecule has 0 saturated heterocycles. The smallest absolute Gasteiger partial charge is 0.256 e. The Morgan fingerprint density at radius 3 is 2.71 bits per heavy atom. The van der Waals surface area contributed by atoms with E-state index in [0.29, 0.717) is 28.6 Å². The van der Waals surface area contributed by atoms with E-state index in [1.807, 2.05) is 29.0 Å². The van der Waals surface area contributed by atoms with Gasteiger partial charge in [-0.05, 0) is 54.6 Å². The van der Waals surface area contributed by atoms with Crippen molar-refractivity contribution >= 4 is 29.1 Å². The molecule has 0 aliphatic carbocycles. The van der Waals surface area contributed by atoms with E-state index in [-0.39, 0.29) is 18.4 Å². The van der Waals surface area contributed by atoms with Crippen molar-refractivity contribution in [1.29, 1.82) is 0 Å². The van der Waals surface area contributed by atoms with Gasteiger partial charge >= 0.3 is 0 Å². The summed E-state index contributed by atoms with van der Waals surface area (Å²) in [5.41, 5.74) is 2.79. The second-order valence-corrected chi connectivity index (χ2v) is 6.91. The minimum atomic E-state index is -0.276. The number of carbonyl (C=O) groups is 2. The van der Waals surface area contributed by atoms with Crippen molar-refractivity contribution in [3.8, 4) is 11.4 Å². The Balaban J connectivity index is 1.58. The number of aromatic nitrogens is 1. The highest BCUT2D eigenvalue weighted by atomic mass is 35.5. The van der Waals surface area contributed by atoms with Gasteiger partial charge in [0.1, 0.15) is 12.3 Å². The Kier molecular flexibility index (Phi) is 4.79. The highest BCUT2D eigenvalue weighted by molar-refractivity contribution is 6.31. The molecule has 0 bridgehead atoms. The van der Waals surface area contributed by atoms with E-state index in [1.54, 1.807) is 43.5 Å². The highest BCUT2D eigenvalue weighted by Crippen LogP contribution is 2.27. The molecule has 2 heterocycles. The number of nitrogens with zero attached hydrogens (tertiary/aromatic N) is 2. The standard InChI is InChI=1S/C21H18ClN3O3/c1-28-17-7-5-15(6-8-17)23-20(26)13-24-12-16-3-2-10-25(16)19-9-4-14(22)11-18(19)21(24)27/h2-11H,12-13H2,1H3,(H,23,26). The van der Waals surface area contributed by atoms with E-state index in [2.05, 4.69) is 5.32 Å². The molecular weight excluding hydrogens is 378 g/mol. The van der Waals surface area contributed by atoms with Gasteiger partial charge in [0.15, 0.2) is 0 Å². The number of nitrogens with one attached hydrogen (secondary N) is 1. The summed E-state index contributed by atoms with van der Waals surface area (Å²) in [7, 11) is 1.58. The number of carbonyl (C=O) groups excluding carboxylic acids is 2. The van der Waals surface area contributed by atoms with Crippen molar-refractivity contribution in [3.05, 3.63) is 77.1 Å². The molecule has 7 heteroatoms. The van der Waals surface area contributed by atoms with Gasteiger partial charge in [0.25, 0.3) is 5.91 Å². The SMILES string of the molecule is COc1ccc(NC(=O)CN2Cc3cccn3-c3ccc(Cl)cc3C2=O)cc1. The minimum absolute atomic E-state index is 0.0675. The maximum atomic E-state index is 13.1. The first kappa shape index (κ1) is 18.1. The number of rotatable bonds is 4. The van der Waals surface area contributed by atoms with Gasteiger partial charge in [-0.15, -0.1) is 0 Å². The Hall–Kier alpha value is -3.25. The maximum Gasteiger partial charge on any atom is 0.256 e. The Morgan fingerprint density at radius 2 is 1.96 bits per heavy atom. The molecule has 6 nitrogen and oxygen atoms in total. The Morgan fingerprint density at radius 1 is 1.18 bits per heavy atom. The van der Waals surface area contributed by atoms with Crippen molar-refractivity contribution in [2.45, 2.75) is 6.54 Å². The van der Waals surface area contributed by atoms with Crippen LogP contribution in [0, 0.1) is 0 Å². The lowest BCUT2D eigenvalue weighted by Crippen LogP contribution is -2.37. The van der Waals surface area contributed by atoms with Gasteiger partial charge in [0.2, 0.25) is 5.91 Å². The molecule has 0 spiro atoms. The molecule has 4 rings (SSSR count). The average Bonchev–Trinajstić information content (AvgIpc) is 3.11. The van der Waals surface area contributed by atoms with Crippen LogP contribution >= 0.6 is 11.6 Å². The molecule has 142 valence electrons. The zero-order valence-electron chi connectivity index (χ0n) is 15.2. The molecule has 0 radical (unpaired) electrons. The predicted molar refractivity (Wildman–Crippen MR) is 107 cm³/mol.